The molecule has 2 N–H and O–H groups in total. The lowest BCUT2D eigenvalue weighted by Crippen LogP contribution is -1.83. The van der Waals surface area contributed by atoms with Crippen LogP contribution in [0.25, 0.3) is 0 Å². The van der Waals surface area contributed by atoms with Gasteiger partial charge in [-0.2, -0.15) is 0 Å². The van der Waals surface area contributed by atoms with E-state index >= 15 is 0 Å². The molecule has 1 rings (SSSR count). The van der Waals surface area contributed by atoms with E-state index in [1.165, 1.54) is 0 Å². The van der Waals surface area contributed by atoms with E-state index in [4.69, 9.17) is 10.2 Å². The lowest BCUT2D eigenvalue weighted by Gasteiger charge is -1.92. The van der Waals surface area contributed by atoms with Gasteiger partial charge >= 0.3 is 0 Å². The molecule has 1 aliphatic rings. The van der Waals surface area contributed by atoms with Gasteiger partial charge in [0.25, 0.3) is 0 Å². The highest BCUT2D eigenvalue weighted by molar-refractivity contribution is 5.36. The van der Waals surface area contributed by atoms with Gasteiger partial charge in [-0.15, -0.1) is 0 Å². The van der Waals surface area contributed by atoms with Crippen molar-refractivity contribution >= 4 is 0 Å². The van der Waals surface area contributed by atoms with E-state index in [0.717, 1.165) is 11.1 Å². The molecule has 0 radical (unpaired) electrons. The Morgan fingerprint density at radius 2 is 1.33 bits per heavy atom. The van der Waals surface area contributed by atoms with E-state index in [0.29, 0.717) is 6.42 Å². The van der Waals surface area contributed by atoms with Gasteiger partial charge in [-0.3, -0.25) is 0 Å². The van der Waals surface area contributed by atoms with Crippen molar-refractivity contribution in [2.75, 3.05) is 0 Å². The number of aliphatic hydroxyl groups excluding tert-OH is 2. The molecule has 2 heteroatoms. The van der Waals surface area contributed by atoms with Crippen molar-refractivity contribution < 1.29 is 10.2 Å². The van der Waals surface area contributed by atoms with Crippen LogP contribution in [0.15, 0.2) is 22.7 Å². The van der Waals surface area contributed by atoms with Crippen LogP contribution in [-0.4, -0.2) is 10.2 Å². The Hall–Kier alpha value is -0.920. The van der Waals surface area contributed by atoms with Crippen LogP contribution in [0, 0.1) is 0 Å². The molecule has 0 unspecified atom stereocenters. The molecule has 0 atom stereocenters. The average Bonchev–Trinajstić information content (AvgIpc) is 1.98. The smallest absolute Gasteiger partial charge is 0.156 e. The fraction of sp³-hybridized carbons (Fsp3) is 0.429. The topological polar surface area (TPSA) is 40.5 Å². The molecule has 0 saturated carbocycles. The van der Waals surface area contributed by atoms with E-state index < -0.39 is 0 Å². The second kappa shape index (κ2) is 1.79. The van der Waals surface area contributed by atoms with Crippen LogP contribution in [0.2, 0.25) is 0 Å². The maximum absolute atomic E-state index is 9.01. The molecule has 0 amide bonds. The van der Waals surface area contributed by atoms with E-state index in [1.807, 2.05) is 13.8 Å². The molecule has 50 valence electrons. The second-order valence-corrected chi connectivity index (χ2v) is 2.43. The summed E-state index contributed by atoms with van der Waals surface area (Å²) in [6.45, 7) is 3.62. The molecule has 0 bridgehead atoms. The predicted molar refractivity (Wildman–Crippen MR) is 35.3 cm³/mol. The molecule has 0 aromatic carbocycles. The van der Waals surface area contributed by atoms with Crippen molar-refractivity contribution in [2.45, 2.75) is 20.3 Å². The Morgan fingerprint density at radius 3 is 1.44 bits per heavy atom. The Labute approximate surface area is 54.1 Å². The highest BCUT2D eigenvalue weighted by Gasteiger charge is 2.16. The van der Waals surface area contributed by atoms with Gasteiger partial charge in [-0.05, 0) is 31.4 Å². The first-order chi connectivity index (χ1) is 4.13. The minimum atomic E-state index is 0.0625. The van der Waals surface area contributed by atoms with Gasteiger partial charge in [-0.25, -0.2) is 0 Å². The van der Waals surface area contributed by atoms with Crippen LogP contribution in [0.3, 0.4) is 0 Å². The zero-order chi connectivity index (χ0) is 7.02. The van der Waals surface area contributed by atoms with Crippen LogP contribution < -0.4 is 0 Å². The first-order valence-electron chi connectivity index (χ1n) is 2.90. The molecule has 0 aromatic heterocycles. The summed E-state index contributed by atoms with van der Waals surface area (Å²) >= 11 is 0. The first kappa shape index (κ1) is 6.20. The summed E-state index contributed by atoms with van der Waals surface area (Å²) in [6.07, 6.45) is 0.706. The zero-order valence-corrected chi connectivity index (χ0v) is 5.60. The summed E-state index contributed by atoms with van der Waals surface area (Å²) in [5, 5.41) is 18.0. The summed E-state index contributed by atoms with van der Waals surface area (Å²) < 4.78 is 0. The normalized spacial score (nSPS) is 19.8. The number of aliphatic hydroxyl groups is 2. The van der Waals surface area contributed by atoms with Gasteiger partial charge in [0.05, 0.1) is 0 Å². The van der Waals surface area contributed by atoms with Crippen molar-refractivity contribution in [3.8, 4) is 0 Å². The SMILES string of the molecule is CC1=C(O)C(O)=C(C)C1. The van der Waals surface area contributed by atoms with E-state index in [1.54, 1.807) is 0 Å². The van der Waals surface area contributed by atoms with Crippen LogP contribution in [0.1, 0.15) is 20.3 Å². The fourth-order valence-electron chi connectivity index (χ4n) is 0.969. The summed E-state index contributed by atoms with van der Waals surface area (Å²) in [5.41, 5.74) is 1.70. The van der Waals surface area contributed by atoms with Gasteiger partial charge in [-0.1, -0.05) is 0 Å². The number of hydrogen-bond acceptors (Lipinski definition) is 2. The second-order valence-electron chi connectivity index (χ2n) is 2.43. The summed E-state index contributed by atoms with van der Waals surface area (Å²) in [4.78, 5) is 0. The third-order valence-corrected chi connectivity index (χ3v) is 1.56. The molecule has 9 heavy (non-hydrogen) atoms. The minimum absolute atomic E-state index is 0.0625. The zero-order valence-electron chi connectivity index (χ0n) is 5.60. The highest BCUT2D eigenvalue weighted by Crippen LogP contribution is 2.27. The summed E-state index contributed by atoms with van der Waals surface area (Å²) in [5.74, 6) is 0.125. The van der Waals surface area contributed by atoms with Gasteiger partial charge in [0.2, 0.25) is 0 Å². The highest BCUT2D eigenvalue weighted by atomic mass is 16.3. The molecule has 0 aliphatic heterocycles. The molecule has 0 spiro atoms. The van der Waals surface area contributed by atoms with Gasteiger partial charge in [0.15, 0.2) is 11.5 Å². The third kappa shape index (κ3) is 0.803. The molecule has 0 fully saturated rings. The Kier molecular flexibility index (Phi) is 1.24. The van der Waals surface area contributed by atoms with Crippen molar-refractivity contribution in [1.29, 1.82) is 0 Å². The average molecular weight is 126 g/mol. The number of rotatable bonds is 0. The Balaban J connectivity index is 2.97. The standard InChI is InChI=1S/C7H10O2/c1-4-3-5(2)7(9)6(4)8/h8-9H,3H2,1-2H3. The molecule has 1 aliphatic carbocycles. The quantitative estimate of drug-likeness (QED) is 0.521. The molecule has 0 aromatic rings. The van der Waals surface area contributed by atoms with Crippen LogP contribution >= 0.6 is 0 Å². The van der Waals surface area contributed by atoms with Crippen LogP contribution in [0.5, 0.6) is 0 Å². The third-order valence-electron chi connectivity index (χ3n) is 1.56. The summed E-state index contributed by atoms with van der Waals surface area (Å²) in [6, 6.07) is 0. The monoisotopic (exact) mass is 126 g/mol. The molecule has 2 nitrogen and oxygen atoms in total. The number of allylic oxidation sites excluding steroid dienone is 2. The summed E-state index contributed by atoms with van der Waals surface area (Å²) in [7, 11) is 0. The van der Waals surface area contributed by atoms with Gasteiger partial charge < -0.3 is 10.2 Å². The maximum Gasteiger partial charge on any atom is 0.156 e. The van der Waals surface area contributed by atoms with Crippen LogP contribution in [-0.2, 0) is 0 Å². The fourth-order valence-corrected chi connectivity index (χ4v) is 0.969. The lowest BCUT2D eigenvalue weighted by molar-refractivity contribution is 0.325. The van der Waals surface area contributed by atoms with E-state index in [9.17, 15) is 0 Å². The lowest BCUT2D eigenvalue weighted by atomic mass is 10.2. The molecular weight excluding hydrogens is 116 g/mol. The number of hydrogen-bond donors (Lipinski definition) is 2. The Morgan fingerprint density at radius 1 is 1.00 bits per heavy atom. The van der Waals surface area contributed by atoms with Crippen molar-refractivity contribution in [1.82, 2.24) is 0 Å². The van der Waals surface area contributed by atoms with Crippen molar-refractivity contribution in [3.05, 3.63) is 22.7 Å². The van der Waals surface area contributed by atoms with E-state index in [-0.39, 0.29) is 11.5 Å². The maximum atomic E-state index is 9.01. The first-order valence-corrected chi connectivity index (χ1v) is 2.90. The minimum Gasteiger partial charge on any atom is -0.504 e. The van der Waals surface area contributed by atoms with Crippen molar-refractivity contribution in [3.63, 3.8) is 0 Å². The van der Waals surface area contributed by atoms with E-state index in [2.05, 4.69) is 0 Å². The predicted octanol–water partition coefficient (Wildman–Crippen LogP) is 2.05. The van der Waals surface area contributed by atoms with Crippen LogP contribution in [0.4, 0.5) is 0 Å². The molecular formula is C7H10O2. The van der Waals surface area contributed by atoms with Gasteiger partial charge in [0, 0.05) is 0 Å². The molecule has 0 heterocycles. The molecule has 0 saturated heterocycles. The van der Waals surface area contributed by atoms with Crippen molar-refractivity contribution in [2.24, 2.45) is 0 Å². The van der Waals surface area contributed by atoms with Gasteiger partial charge in [0.1, 0.15) is 0 Å². The Bertz CT molecular complexity index is 177. The largest absolute Gasteiger partial charge is 0.504 e.